The van der Waals surface area contributed by atoms with E-state index < -0.39 is 0 Å². The Bertz CT molecular complexity index is 942. The van der Waals surface area contributed by atoms with E-state index in [0.29, 0.717) is 35.6 Å². The lowest BCUT2D eigenvalue weighted by molar-refractivity contribution is -0.122. The zero-order chi connectivity index (χ0) is 20.1. The second-order valence-corrected chi connectivity index (χ2v) is 7.00. The highest BCUT2D eigenvalue weighted by molar-refractivity contribution is 5.94. The van der Waals surface area contributed by atoms with Crippen molar-refractivity contribution in [3.8, 4) is 11.6 Å². The highest BCUT2D eigenvalue weighted by atomic mass is 16.5. The molecule has 1 amide bonds. The third kappa shape index (κ3) is 4.97. The first-order valence-corrected chi connectivity index (χ1v) is 9.70. The predicted octanol–water partition coefficient (Wildman–Crippen LogP) is 3.56. The molecule has 1 atom stereocenters. The van der Waals surface area contributed by atoms with Gasteiger partial charge in [0, 0.05) is 13.0 Å². The van der Waals surface area contributed by atoms with Gasteiger partial charge in [-0.3, -0.25) is 9.69 Å². The molecule has 8 heteroatoms. The molecule has 0 saturated carbocycles. The van der Waals surface area contributed by atoms with Crippen molar-refractivity contribution in [2.24, 2.45) is 0 Å². The smallest absolute Gasteiger partial charge is 0.241 e. The van der Waals surface area contributed by atoms with Gasteiger partial charge >= 0.3 is 0 Å². The minimum atomic E-state index is -0.234. The van der Waals surface area contributed by atoms with Crippen LogP contribution in [0.25, 0.3) is 0 Å². The lowest BCUT2D eigenvalue weighted by atomic mass is 10.0. The highest BCUT2D eigenvalue weighted by Crippen LogP contribution is 2.22. The number of pyridine rings is 1. The lowest BCUT2D eigenvalue weighted by Gasteiger charge is -2.33. The van der Waals surface area contributed by atoms with Crippen LogP contribution in [0.5, 0.6) is 11.6 Å². The number of anilines is 1. The topological polar surface area (TPSA) is 93.4 Å². The molecule has 1 aliphatic rings. The summed E-state index contributed by atoms with van der Waals surface area (Å²) in [6.07, 6.45) is 4.47. The standard InChI is InChI=1S/C21H23N5O3/c1-15-23-19(25-29-15)14-26-12-6-5-9-18(26)21(27)24-16-10-11-20(22-13-16)28-17-7-3-2-4-8-17/h2-4,7-8,10-11,13,18H,5-6,9,12,14H2,1H3,(H,24,27)/t18-/m0/s1. The fraction of sp³-hybridized carbons (Fsp3) is 0.333. The van der Waals surface area contributed by atoms with Crippen molar-refractivity contribution in [3.63, 3.8) is 0 Å². The normalized spacial score (nSPS) is 17.1. The third-order valence-corrected chi connectivity index (χ3v) is 4.80. The molecule has 3 aromatic rings. The van der Waals surface area contributed by atoms with Crippen LogP contribution in [-0.2, 0) is 11.3 Å². The Balaban J connectivity index is 1.38. The van der Waals surface area contributed by atoms with Gasteiger partial charge in [0.25, 0.3) is 0 Å². The predicted molar refractivity (Wildman–Crippen MR) is 106 cm³/mol. The Hall–Kier alpha value is -3.26. The number of carbonyl (C=O) groups is 1. The van der Waals surface area contributed by atoms with Gasteiger partial charge in [-0.05, 0) is 37.6 Å². The van der Waals surface area contributed by atoms with E-state index in [1.807, 2.05) is 30.3 Å². The summed E-state index contributed by atoms with van der Waals surface area (Å²) in [5, 5.41) is 6.91. The van der Waals surface area contributed by atoms with E-state index in [0.717, 1.165) is 25.8 Å². The van der Waals surface area contributed by atoms with Crippen molar-refractivity contribution in [3.05, 3.63) is 60.4 Å². The highest BCUT2D eigenvalue weighted by Gasteiger charge is 2.29. The van der Waals surface area contributed by atoms with E-state index in [4.69, 9.17) is 9.26 Å². The SMILES string of the molecule is Cc1nc(CN2CCCC[C@H]2C(=O)Nc2ccc(Oc3ccccc3)nc2)no1. The number of rotatable bonds is 6. The zero-order valence-corrected chi connectivity index (χ0v) is 16.2. The Labute approximate surface area is 168 Å². The number of ether oxygens (including phenoxy) is 1. The molecule has 8 nitrogen and oxygen atoms in total. The number of amides is 1. The number of aryl methyl sites for hydroxylation is 1. The van der Waals surface area contributed by atoms with Crippen LogP contribution in [0.1, 0.15) is 31.0 Å². The second kappa shape index (κ2) is 8.83. The largest absolute Gasteiger partial charge is 0.439 e. The molecule has 1 saturated heterocycles. The number of carbonyl (C=O) groups excluding carboxylic acids is 1. The van der Waals surface area contributed by atoms with Gasteiger partial charge in [-0.25, -0.2) is 4.98 Å². The second-order valence-electron chi connectivity index (χ2n) is 7.00. The monoisotopic (exact) mass is 393 g/mol. The van der Waals surface area contributed by atoms with E-state index in [1.165, 1.54) is 0 Å². The van der Waals surface area contributed by atoms with Crippen LogP contribution in [0.2, 0.25) is 0 Å². The van der Waals surface area contributed by atoms with Gasteiger partial charge in [-0.2, -0.15) is 4.98 Å². The summed E-state index contributed by atoms with van der Waals surface area (Å²) in [4.78, 5) is 23.5. The van der Waals surface area contributed by atoms with Crippen LogP contribution in [0.15, 0.2) is 53.2 Å². The van der Waals surface area contributed by atoms with E-state index in [-0.39, 0.29) is 11.9 Å². The first-order valence-electron chi connectivity index (χ1n) is 9.70. The van der Waals surface area contributed by atoms with Crippen LogP contribution in [0, 0.1) is 6.92 Å². The van der Waals surface area contributed by atoms with Crippen molar-refractivity contribution in [2.75, 3.05) is 11.9 Å². The molecule has 1 aliphatic heterocycles. The Morgan fingerprint density at radius 3 is 2.83 bits per heavy atom. The number of benzene rings is 1. The molecule has 150 valence electrons. The molecule has 2 aromatic heterocycles. The van der Waals surface area contributed by atoms with Gasteiger partial charge in [0.05, 0.1) is 24.5 Å². The molecule has 29 heavy (non-hydrogen) atoms. The summed E-state index contributed by atoms with van der Waals surface area (Å²) in [6.45, 7) is 3.08. The Morgan fingerprint density at radius 2 is 2.10 bits per heavy atom. The van der Waals surface area contributed by atoms with Crippen LogP contribution in [0.3, 0.4) is 0 Å². The number of likely N-dealkylation sites (tertiary alicyclic amines) is 1. The maximum Gasteiger partial charge on any atom is 0.241 e. The molecule has 3 heterocycles. The summed E-state index contributed by atoms with van der Waals surface area (Å²) in [7, 11) is 0. The summed E-state index contributed by atoms with van der Waals surface area (Å²) >= 11 is 0. The number of para-hydroxylation sites is 1. The molecule has 0 spiro atoms. The molecule has 0 unspecified atom stereocenters. The molecule has 4 rings (SSSR count). The number of hydrogen-bond acceptors (Lipinski definition) is 7. The van der Waals surface area contributed by atoms with E-state index in [1.54, 1.807) is 25.3 Å². The average Bonchev–Trinajstić information content (AvgIpc) is 3.15. The summed E-state index contributed by atoms with van der Waals surface area (Å²) in [6, 6.07) is 12.7. The van der Waals surface area contributed by atoms with Crippen molar-refractivity contribution in [1.29, 1.82) is 0 Å². The van der Waals surface area contributed by atoms with Gasteiger partial charge < -0.3 is 14.6 Å². The maximum atomic E-state index is 12.9. The quantitative estimate of drug-likeness (QED) is 0.684. The Kier molecular flexibility index (Phi) is 5.81. The van der Waals surface area contributed by atoms with Gasteiger partial charge in [-0.1, -0.05) is 29.8 Å². The number of aromatic nitrogens is 3. The first-order chi connectivity index (χ1) is 14.2. The molecule has 1 N–H and O–H groups in total. The molecule has 0 aliphatic carbocycles. The minimum Gasteiger partial charge on any atom is -0.439 e. The van der Waals surface area contributed by atoms with Crippen LogP contribution >= 0.6 is 0 Å². The molecular formula is C21H23N5O3. The van der Waals surface area contributed by atoms with E-state index in [9.17, 15) is 4.79 Å². The van der Waals surface area contributed by atoms with Crippen LogP contribution in [0.4, 0.5) is 5.69 Å². The maximum absolute atomic E-state index is 12.9. The van der Waals surface area contributed by atoms with Crippen molar-refractivity contribution < 1.29 is 14.1 Å². The number of nitrogens with one attached hydrogen (secondary N) is 1. The summed E-state index contributed by atoms with van der Waals surface area (Å²) in [5.41, 5.74) is 0.636. The van der Waals surface area contributed by atoms with Crippen molar-refractivity contribution in [1.82, 2.24) is 20.0 Å². The summed E-state index contributed by atoms with van der Waals surface area (Å²) < 4.78 is 10.7. The number of nitrogens with zero attached hydrogens (tertiary/aromatic N) is 4. The van der Waals surface area contributed by atoms with Crippen molar-refractivity contribution in [2.45, 2.75) is 38.8 Å². The average molecular weight is 393 g/mol. The van der Waals surface area contributed by atoms with Crippen LogP contribution in [-0.4, -0.2) is 38.5 Å². The zero-order valence-electron chi connectivity index (χ0n) is 16.2. The minimum absolute atomic E-state index is 0.0524. The third-order valence-electron chi connectivity index (χ3n) is 4.80. The van der Waals surface area contributed by atoms with Gasteiger partial charge in [-0.15, -0.1) is 0 Å². The summed E-state index contributed by atoms with van der Waals surface area (Å²) in [5.74, 6) is 2.27. The number of piperidine rings is 1. The molecular weight excluding hydrogens is 370 g/mol. The molecule has 1 fully saturated rings. The fourth-order valence-electron chi connectivity index (χ4n) is 3.41. The van der Waals surface area contributed by atoms with E-state index in [2.05, 4.69) is 25.3 Å². The lowest BCUT2D eigenvalue weighted by Crippen LogP contribution is -2.46. The van der Waals surface area contributed by atoms with Gasteiger partial charge in [0.1, 0.15) is 5.75 Å². The van der Waals surface area contributed by atoms with Crippen molar-refractivity contribution >= 4 is 11.6 Å². The van der Waals surface area contributed by atoms with Gasteiger partial charge in [0.15, 0.2) is 5.82 Å². The fourth-order valence-corrected chi connectivity index (χ4v) is 3.41. The van der Waals surface area contributed by atoms with Crippen LogP contribution < -0.4 is 10.1 Å². The van der Waals surface area contributed by atoms with E-state index >= 15 is 0 Å². The van der Waals surface area contributed by atoms with Gasteiger partial charge in [0.2, 0.25) is 17.7 Å². The molecule has 1 aromatic carbocycles. The number of hydrogen-bond donors (Lipinski definition) is 1. The Morgan fingerprint density at radius 1 is 1.24 bits per heavy atom. The first kappa shape index (κ1) is 19.1. The molecule has 0 radical (unpaired) electrons. The molecule has 0 bridgehead atoms.